The molecule has 1 unspecified atom stereocenters. The van der Waals surface area contributed by atoms with E-state index in [1.54, 1.807) is 0 Å². The van der Waals surface area contributed by atoms with E-state index in [-0.39, 0.29) is 29.3 Å². The van der Waals surface area contributed by atoms with Crippen molar-refractivity contribution < 1.29 is 19.7 Å². The van der Waals surface area contributed by atoms with Crippen LogP contribution in [-0.2, 0) is 9.47 Å². The number of hydrogen-bond acceptors (Lipinski definition) is 4. The van der Waals surface area contributed by atoms with Crippen LogP contribution in [0.1, 0.15) is 85.5 Å². The molecule has 0 bridgehead atoms. The third-order valence-corrected chi connectivity index (χ3v) is 11.9. The van der Waals surface area contributed by atoms with Crippen LogP contribution in [0.4, 0.5) is 0 Å². The maximum Gasteiger partial charge on any atom is 0.171 e. The van der Waals surface area contributed by atoms with Crippen LogP contribution in [0.5, 0.6) is 0 Å². The van der Waals surface area contributed by atoms with Gasteiger partial charge in [0.05, 0.1) is 24.9 Å². The van der Waals surface area contributed by atoms with Gasteiger partial charge in [0.15, 0.2) is 5.79 Å². The molecule has 2 heterocycles. The lowest BCUT2D eigenvalue weighted by Crippen LogP contribution is -2.58. The topological polar surface area (TPSA) is 58.9 Å². The highest BCUT2D eigenvalue weighted by atomic mass is 16.7. The van der Waals surface area contributed by atoms with Crippen molar-refractivity contribution in [2.45, 2.75) is 110 Å². The van der Waals surface area contributed by atoms with Crippen LogP contribution in [0.25, 0.3) is 0 Å². The van der Waals surface area contributed by atoms with Gasteiger partial charge in [0, 0.05) is 12.3 Å². The van der Waals surface area contributed by atoms with Crippen molar-refractivity contribution in [1.29, 1.82) is 0 Å². The molecule has 4 nitrogen and oxygen atoms in total. The first-order valence-corrected chi connectivity index (χ1v) is 13.4. The van der Waals surface area contributed by atoms with Crippen LogP contribution in [0.15, 0.2) is 0 Å². The SMILES string of the molecule is C[C@H]1CCC2(OC1)O[C@H]1C[C@H]3[C@@H]4C[C@H](O)[C@H]5C[C@@H](O)CC[C@]5(C)[C@H]4CC[C@]3(C)[C@H]1[C@@H]2C. The van der Waals surface area contributed by atoms with E-state index in [1.165, 1.54) is 19.3 Å². The fourth-order valence-corrected chi connectivity index (χ4v) is 10.3. The Morgan fingerprint density at radius 3 is 2.32 bits per heavy atom. The normalized spacial score (nSPS) is 63.3. The molecule has 2 aliphatic heterocycles. The van der Waals surface area contributed by atoms with Crippen LogP contribution < -0.4 is 0 Å². The van der Waals surface area contributed by atoms with Crippen molar-refractivity contribution in [1.82, 2.24) is 0 Å². The second-order valence-corrected chi connectivity index (χ2v) is 13.2. The van der Waals surface area contributed by atoms with Crippen LogP contribution in [0.3, 0.4) is 0 Å². The molecule has 4 aliphatic carbocycles. The standard InChI is InChI=1S/C27H44O4/c1-15-5-10-27(30-14-15)16(2)24-23(31-27)13-20-18-12-22(29)21-11-17(28)6-8-25(21,3)19(18)7-9-26(20,24)4/h15-24,28-29H,5-14H2,1-4H3/t15-,16-,17-,18+,19-,20-,21+,22-,23-,24-,25+,26-,27?/m0/s1. The van der Waals surface area contributed by atoms with Gasteiger partial charge in [-0.2, -0.15) is 0 Å². The van der Waals surface area contributed by atoms with Crippen LogP contribution >= 0.6 is 0 Å². The van der Waals surface area contributed by atoms with Crippen molar-refractivity contribution in [3.05, 3.63) is 0 Å². The van der Waals surface area contributed by atoms with Crippen molar-refractivity contribution >= 4 is 0 Å². The van der Waals surface area contributed by atoms with E-state index in [0.717, 1.165) is 45.1 Å². The highest BCUT2D eigenvalue weighted by Crippen LogP contribution is 2.71. The van der Waals surface area contributed by atoms with Gasteiger partial charge in [-0.05, 0) is 97.7 Å². The summed E-state index contributed by atoms with van der Waals surface area (Å²) in [5, 5.41) is 21.5. The summed E-state index contributed by atoms with van der Waals surface area (Å²) in [4.78, 5) is 0. The molecule has 0 aromatic heterocycles. The van der Waals surface area contributed by atoms with Gasteiger partial charge in [0.25, 0.3) is 0 Å². The highest BCUT2D eigenvalue weighted by Gasteiger charge is 2.69. The number of ether oxygens (including phenoxy) is 2. The third kappa shape index (κ3) is 2.80. The van der Waals surface area contributed by atoms with Gasteiger partial charge < -0.3 is 19.7 Å². The van der Waals surface area contributed by atoms with Gasteiger partial charge >= 0.3 is 0 Å². The van der Waals surface area contributed by atoms with E-state index in [9.17, 15) is 10.2 Å². The summed E-state index contributed by atoms with van der Waals surface area (Å²) in [7, 11) is 0. The Bertz CT molecular complexity index is 716. The van der Waals surface area contributed by atoms with Crippen LogP contribution in [0, 0.1) is 52.3 Å². The number of aliphatic hydroxyl groups is 2. The Hall–Kier alpha value is -0.160. The summed E-state index contributed by atoms with van der Waals surface area (Å²) in [6.07, 6.45) is 9.58. The average Bonchev–Trinajstić information content (AvgIpc) is 3.17. The van der Waals surface area contributed by atoms with Crippen LogP contribution in [-0.4, -0.2) is 40.9 Å². The minimum atomic E-state index is -0.338. The highest BCUT2D eigenvalue weighted by molar-refractivity contribution is 5.16. The molecule has 4 heteroatoms. The van der Waals surface area contributed by atoms with Gasteiger partial charge in [-0.25, -0.2) is 0 Å². The molecule has 6 fully saturated rings. The Kier molecular flexibility index (Phi) is 4.78. The molecular formula is C27H44O4. The molecule has 0 aromatic rings. The number of rotatable bonds is 0. The first-order chi connectivity index (χ1) is 14.7. The van der Waals surface area contributed by atoms with E-state index in [4.69, 9.17) is 9.47 Å². The van der Waals surface area contributed by atoms with Crippen molar-refractivity contribution in [2.75, 3.05) is 6.61 Å². The van der Waals surface area contributed by atoms with Gasteiger partial charge in [0.1, 0.15) is 0 Å². The summed E-state index contributed by atoms with van der Waals surface area (Å²) >= 11 is 0. The lowest BCUT2D eigenvalue weighted by molar-refractivity contribution is -0.273. The molecule has 6 aliphatic rings. The molecular weight excluding hydrogens is 388 g/mol. The Balaban J connectivity index is 1.28. The first kappa shape index (κ1) is 21.4. The van der Waals surface area contributed by atoms with Gasteiger partial charge in [-0.15, -0.1) is 0 Å². The molecule has 0 aromatic carbocycles. The zero-order valence-electron chi connectivity index (χ0n) is 20.1. The molecule has 2 N–H and O–H groups in total. The maximum absolute atomic E-state index is 11.2. The predicted molar refractivity (Wildman–Crippen MR) is 119 cm³/mol. The zero-order valence-corrected chi connectivity index (χ0v) is 20.1. The fraction of sp³-hybridized carbons (Fsp3) is 1.00. The quantitative estimate of drug-likeness (QED) is 0.579. The smallest absolute Gasteiger partial charge is 0.171 e. The average molecular weight is 433 g/mol. The van der Waals surface area contributed by atoms with Crippen LogP contribution in [0.2, 0.25) is 0 Å². The van der Waals surface area contributed by atoms with E-state index in [2.05, 4.69) is 27.7 Å². The summed E-state index contributed by atoms with van der Waals surface area (Å²) in [5.41, 5.74) is 0.495. The monoisotopic (exact) mass is 432 g/mol. The molecule has 13 atom stereocenters. The molecule has 4 saturated carbocycles. The molecule has 31 heavy (non-hydrogen) atoms. The fourth-order valence-electron chi connectivity index (χ4n) is 10.3. The minimum Gasteiger partial charge on any atom is -0.393 e. The Morgan fingerprint density at radius 1 is 0.806 bits per heavy atom. The molecule has 0 amide bonds. The summed E-state index contributed by atoms with van der Waals surface area (Å²) < 4.78 is 13.3. The van der Waals surface area contributed by atoms with Gasteiger partial charge in [-0.1, -0.05) is 27.7 Å². The first-order valence-electron chi connectivity index (χ1n) is 13.4. The third-order valence-electron chi connectivity index (χ3n) is 11.9. The van der Waals surface area contributed by atoms with E-state index < -0.39 is 0 Å². The second kappa shape index (κ2) is 6.93. The lowest BCUT2D eigenvalue weighted by atomic mass is 9.43. The Morgan fingerprint density at radius 2 is 1.58 bits per heavy atom. The largest absolute Gasteiger partial charge is 0.393 e. The van der Waals surface area contributed by atoms with Crippen molar-refractivity contribution in [2.24, 2.45) is 52.3 Å². The van der Waals surface area contributed by atoms with Gasteiger partial charge in [0.2, 0.25) is 0 Å². The van der Waals surface area contributed by atoms with Crippen molar-refractivity contribution in [3.63, 3.8) is 0 Å². The summed E-state index contributed by atoms with van der Waals surface area (Å²) in [6, 6.07) is 0. The van der Waals surface area contributed by atoms with Crippen molar-refractivity contribution in [3.8, 4) is 0 Å². The lowest BCUT2D eigenvalue weighted by Gasteiger charge is -2.62. The number of aliphatic hydroxyl groups excluding tert-OH is 2. The molecule has 176 valence electrons. The minimum absolute atomic E-state index is 0.191. The molecule has 2 saturated heterocycles. The summed E-state index contributed by atoms with van der Waals surface area (Å²) in [6.45, 7) is 10.6. The summed E-state index contributed by atoms with van der Waals surface area (Å²) in [5.74, 6) is 3.58. The van der Waals surface area contributed by atoms with E-state index >= 15 is 0 Å². The molecule has 1 spiro atoms. The molecule has 6 rings (SSSR count). The number of hydrogen-bond donors (Lipinski definition) is 2. The van der Waals surface area contributed by atoms with E-state index in [1.807, 2.05) is 0 Å². The molecule has 0 radical (unpaired) electrons. The maximum atomic E-state index is 11.2. The second-order valence-electron chi connectivity index (χ2n) is 13.2. The van der Waals surface area contributed by atoms with E-state index in [0.29, 0.717) is 47.0 Å². The van der Waals surface area contributed by atoms with Gasteiger partial charge in [-0.3, -0.25) is 0 Å². The zero-order chi connectivity index (χ0) is 21.8. The number of fused-ring (bicyclic) bond motifs is 7. The Labute approximate surface area is 188 Å². The predicted octanol–water partition coefficient (Wildman–Crippen LogP) is 4.76.